The van der Waals surface area contributed by atoms with Crippen LogP contribution >= 0.6 is 11.3 Å². The molecule has 214 valence electrons. The number of aliphatic hydroxyl groups is 2. The van der Waals surface area contributed by atoms with Crippen LogP contribution in [0.1, 0.15) is 86.7 Å². The van der Waals surface area contributed by atoms with Gasteiger partial charge in [0.2, 0.25) is 5.91 Å². The zero-order chi connectivity index (χ0) is 28.2. The summed E-state index contributed by atoms with van der Waals surface area (Å²) in [6.07, 6.45) is 7.16. The normalized spacial score (nSPS) is 27.4. The molecule has 0 radical (unpaired) electrons. The smallest absolute Gasteiger partial charge is 0.348 e. The lowest BCUT2D eigenvalue weighted by molar-refractivity contribution is -0.124. The Bertz CT molecular complexity index is 1130. The summed E-state index contributed by atoms with van der Waals surface area (Å²) in [4.78, 5) is 28.7. The molecule has 0 bridgehead atoms. The van der Waals surface area contributed by atoms with Gasteiger partial charge in [0.1, 0.15) is 4.88 Å². The molecule has 2 heterocycles. The number of thiophene rings is 1. The summed E-state index contributed by atoms with van der Waals surface area (Å²) < 4.78 is 11.3. The van der Waals surface area contributed by atoms with Gasteiger partial charge in [-0.1, -0.05) is 23.5 Å². The Morgan fingerprint density at radius 2 is 2.00 bits per heavy atom. The van der Waals surface area contributed by atoms with Gasteiger partial charge in [0, 0.05) is 24.0 Å². The maximum absolute atomic E-state index is 14.1. The molecule has 2 fully saturated rings. The molecule has 1 saturated heterocycles. The Morgan fingerprint density at radius 1 is 1.26 bits per heavy atom. The minimum atomic E-state index is -1.10. The highest BCUT2D eigenvalue weighted by Gasteiger charge is 2.41. The van der Waals surface area contributed by atoms with E-state index < -0.39 is 17.0 Å². The van der Waals surface area contributed by atoms with Crippen LogP contribution in [0.3, 0.4) is 0 Å². The molecule has 3 aliphatic rings. The van der Waals surface area contributed by atoms with E-state index in [1.54, 1.807) is 11.0 Å². The molecule has 0 spiro atoms. The van der Waals surface area contributed by atoms with E-state index in [2.05, 4.69) is 24.8 Å². The van der Waals surface area contributed by atoms with E-state index in [-0.39, 0.29) is 42.1 Å². The van der Waals surface area contributed by atoms with Crippen molar-refractivity contribution in [3.05, 3.63) is 27.5 Å². The number of nitrogens with zero attached hydrogens (tertiary/aromatic N) is 1. The van der Waals surface area contributed by atoms with Gasteiger partial charge in [0.05, 0.1) is 42.1 Å². The number of rotatable bonds is 8. The van der Waals surface area contributed by atoms with E-state index in [1.165, 1.54) is 5.57 Å². The van der Waals surface area contributed by atoms with Crippen molar-refractivity contribution in [2.75, 3.05) is 31.3 Å². The molecule has 39 heavy (non-hydrogen) atoms. The lowest BCUT2D eigenvalue weighted by Gasteiger charge is -2.42. The molecule has 9 heteroatoms. The molecule has 1 aliphatic heterocycles. The van der Waals surface area contributed by atoms with Crippen molar-refractivity contribution in [1.29, 1.82) is 0 Å². The summed E-state index contributed by atoms with van der Waals surface area (Å²) in [6, 6.07) is 1.47. The minimum absolute atomic E-state index is 0.00640. The fourth-order valence-corrected chi connectivity index (χ4v) is 6.23. The van der Waals surface area contributed by atoms with E-state index in [0.717, 1.165) is 30.6 Å². The summed E-state index contributed by atoms with van der Waals surface area (Å²) in [5.74, 6) is 4.66. The number of aromatic carboxylic acids is 1. The van der Waals surface area contributed by atoms with Gasteiger partial charge >= 0.3 is 5.97 Å². The fraction of sp³-hybridized carbons (Fsp3) is 0.667. The number of anilines is 1. The lowest BCUT2D eigenvalue weighted by Crippen LogP contribution is -2.50. The molecule has 1 amide bonds. The van der Waals surface area contributed by atoms with E-state index in [4.69, 9.17) is 9.47 Å². The first-order valence-electron chi connectivity index (χ1n) is 13.9. The molecular formula is C30H41NO7S. The number of carboxylic acid groups (broad SMARTS) is 1. The number of carboxylic acids is 1. The quantitative estimate of drug-likeness (QED) is 0.320. The highest BCUT2D eigenvalue weighted by molar-refractivity contribution is 7.15. The molecule has 2 aliphatic carbocycles. The van der Waals surface area contributed by atoms with Crippen LogP contribution in [0.15, 0.2) is 17.7 Å². The lowest BCUT2D eigenvalue weighted by atomic mass is 9.81. The van der Waals surface area contributed by atoms with Gasteiger partial charge in [-0.05, 0) is 78.2 Å². The van der Waals surface area contributed by atoms with Crippen molar-refractivity contribution >= 4 is 28.9 Å². The number of carbonyl (C=O) groups excluding carboxylic acids is 1. The molecular weight excluding hydrogens is 518 g/mol. The minimum Gasteiger partial charge on any atom is -0.477 e. The third-order valence-corrected chi connectivity index (χ3v) is 9.06. The Kier molecular flexibility index (Phi) is 9.56. The Hall–Kier alpha value is -2.22. The monoisotopic (exact) mass is 559 g/mol. The van der Waals surface area contributed by atoms with Gasteiger partial charge in [-0.25, -0.2) is 4.79 Å². The predicted octanol–water partition coefficient (Wildman–Crippen LogP) is 4.37. The molecule has 0 aromatic carbocycles. The third-order valence-electron chi connectivity index (χ3n) is 8.04. The predicted molar refractivity (Wildman–Crippen MR) is 150 cm³/mol. The van der Waals surface area contributed by atoms with Crippen LogP contribution < -0.4 is 4.90 Å². The number of carbonyl (C=O) groups is 2. The van der Waals surface area contributed by atoms with Crippen molar-refractivity contribution < 1.29 is 34.4 Å². The van der Waals surface area contributed by atoms with E-state index in [1.807, 2.05) is 13.8 Å². The third kappa shape index (κ3) is 7.50. The highest BCUT2D eigenvalue weighted by Crippen LogP contribution is 2.40. The first-order chi connectivity index (χ1) is 18.5. The number of hydrogen-bond donors (Lipinski definition) is 3. The van der Waals surface area contributed by atoms with Crippen LogP contribution in [-0.4, -0.2) is 71.4 Å². The Balaban J connectivity index is 1.60. The number of aliphatic hydroxyl groups excluding tert-OH is 1. The van der Waals surface area contributed by atoms with Gasteiger partial charge < -0.3 is 29.7 Å². The first-order valence-corrected chi connectivity index (χ1v) is 14.7. The molecule has 1 aromatic heterocycles. The zero-order valence-corrected chi connectivity index (χ0v) is 24.0. The average molecular weight is 560 g/mol. The molecule has 0 unspecified atom stereocenters. The first kappa shape index (κ1) is 29.8. The van der Waals surface area contributed by atoms with Gasteiger partial charge in [0.15, 0.2) is 0 Å². The van der Waals surface area contributed by atoms with E-state index in [0.29, 0.717) is 55.9 Å². The summed E-state index contributed by atoms with van der Waals surface area (Å²) in [6.45, 7) is 7.03. The van der Waals surface area contributed by atoms with Crippen LogP contribution in [0.5, 0.6) is 0 Å². The van der Waals surface area contributed by atoms with Gasteiger partial charge in [-0.3, -0.25) is 4.79 Å². The second-order valence-corrected chi connectivity index (χ2v) is 13.0. The Morgan fingerprint density at radius 3 is 2.59 bits per heavy atom. The molecule has 1 saturated carbocycles. The van der Waals surface area contributed by atoms with E-state index in [9.17, 15) is 24.9 Å². The zero-order valence-electron chi connectivity index (χ0n) is 23.2. The topological polar surface area (TPSA) is 117 Å². The number of hydrogen-bond acceptors (Lipinski definition) is 7. The van der Waals surface area contributed by atoms with Crippen LogP contribution in [0.4, 0.5) is 5.69 Å². The van der Waals surface area contributed by atoms with Crippen molar-refractivity contribution in [3.8, 4) is 11.8 Å². The maximum Gasteiger partial charge on any atom is 0.348 e. The van der Waals surface area contributed by atoms with Crippen molar-refractivity contribution in [2.45, 2.75) is 89.9 Å². The van der Waals surface area contributed by atoms with Crippen LogP contribution in [0.25, 0.3) is 0 Å². The number of amides is 1. The van der Waals surface area contributed by atoms with Gasteiger partial charge in [-0.2, -0.15) is 0 Å². The molecule has 4 rings (SSSR count). The molecule has 8 nitrogen and oxygen atoms in total. The maximum atomic E-state index is 14.1. The van der Waals surface area contributed by atoms with Crippen molar-refractivity contribution in [1.82, 2.24) is 0 Å². The molecule has 1 aromatic rings. The summed E-state index contributed by atoms with van der Waals surface area (Å²) >= 11 is 1.06. The highest BCUT2D eigenvalue weighted by atomic mass is 32.1. The molecule has 2 atom stereocenters. The van der Waals surface area contributed by atoms with Crippen LogP contribution in [-0.2, 0) is 14.3 Å². The largest absolute Gasteiger partial charge is 0.477 e. The summed E-state index contributed by atoms with van der Waals surface area (Å²) in [5, 5.41) is 30.9. The van der Waals surface area contributed by atoms with Crippen molar-refractivity contribution in [3.63, 3.8) is 0 Å². The van der Waals surface area contributed by atoms with Crippen LogP contribution in [0.2, 0.25) is 0 Å². The summed E-state index contributed by atoms with van der Waals surface area (Å²) in [5.41, 5.74) is 0.0435. The second kappa shape index (κ2) is 12.5. The number of ether oxygens (including phenoxy) is 2. The van der Waals surface area contributed by atoms with Crippen LogP contribution in [0, 0.1) is 23.2 Å². The standard InChI is InChI=1S/C30H41NO7S/c1-20-4-6-21(7-5-20)27(33)31(22-8-13-30(36,14-9-22)19-38-23-11-15-37-17-23)25-16-24(39-26(25)28(34)35)10-12-29(2,3)18-32/h4,16,21-23,32,36H,5-9,11,13-15,17-19H2,1-3H3,(H,34,35)/t21-,22?,23-,30?/m0/s1. The fourth-order valence-electron chi connectivity index (χ4n) is 5.39. The SMILES string of the molecule is CC1=CC[C@H](C(=O)N(c2cc(C#CC(C)(C)CO)sc2C(=O)O)C2CCC(O)(CO[C@H]3CCOC3)CC2)CC1. The van der Waals surface area contributed by atoms with E-state index >= 15 is 0 Å². The van der Waals surface area contributed by atoms with Gasteiger partial charge in [0.25, 0.3) is 0 Å². The summed E-state index contributed by atoms with van der Waals surface area (Å²) in [7, 11) is 0. The molecule has 3 N–H and O–H groups in total. The van der Waals surface area contributed by atoms with Gasteiger partial charge in [-0.15, -0.1) is 11.3 Å². The van der Waals surface area contributed by atoms with Crippen molar-refractivity contribution in [2.24, 2.45) is 11.3 Å². The average Bonchev–Trinajstić information content (AvgIpc) is 3.59. The number of allylic oxidation sites excluding steroid dienone is 2. The second-order valence-electron chi connectivity index (χ2n) is 11.9. The Labute approximate surface area is 235 Å².